The van der Waals surface area contributed by atoms with Crippen molar-refractivity contribution in [2.75, 3.05) is 7.11 Å². The van der Waals surface area contributed by atoms with E-state index in [0.717, 1.165) is 11.1 Å². The van der Waals surface area contributed by atoms with Crippen LogP contribution >= 0.6 is 0 Å². The minimum absolute atomic E-state index is 0.0585. The molecular weight excluding hydrogens is 372 g/mol. The zero-order valence-corrected chi connectivity index (χ0v) is 16.7. The van der Waals surface area contributed by atoms with Gasteiger partial charge in [0.1, 0.15) is 11.3 Å². The Bertz CT molecular complexity index is 1230. The molecule has 0 aliphatic carbocycles. The lowest BCUT2D eigenvalue weighted by Crippen LogP contribution is -2.10. The number of hydrogen-bond donors (Lipinski definition) is 3. The van der Waals surface area contributed by atoms with Crippen LogP contribution in [0, 0.1) is 20.8 Å². The Hall–Kier alpha value is -3.48. The number of hydrazone groups is 1. The molecule has 0 unspecified atom stereocenters. The molecule has 1 aliphatic heterocycles. The highest BCUT2D eigenvalue weighted by molar-refractivity contribution is 6.09. The van der Waals surface area contributed by atoms with Gasteiger partial charge in [-0.25, -0.2) is 4.79 Å². The van der Waals surface area contributed by atoms with Crippen molar-refractivity contribution in [1.82, 2.24) is 5.43 Å². The van der Waals surface area contributed by atoms with Gasteiger partial charge in [0.2, 0.25) is 0 Å². The van der Waals surface area contributed by atoms with E-state index in [9.17, 15) is 15.0 Å². The van der Waals surface area contributed by atoms with Gasteiger partial charge < -0.3 is 24.8 Å². The van der Waals surface area contributed by atoms with Crippen LogP contribution in [0.1, 0.15) is 40.3 Å². The van der Waals surface area contributed by atoms with Crippen LogP contribution in [-0.4, -0.2) is 23.0 Å². The fraction of sp³-hybridized carbons (Fsp3) is 0.273. The number of nitrogens with zero attached hydrogens (tertiary/aromatic N) is 1. The zero-order chi connectivity index (χ0) is 20.9. The van der Waals surface area contributed by atoms with Crippen LogP contribution < -0.4 is 15.8 Å². The quantitative estimate of drug-likeness (QED) is 0.587. The zero-order valence-electron chi connectivity index (χ0n) is 16.7. The topological polar surface area (TPSA) is 104 Å². The molecule has 2 heterocycles. The second-order valence-corrected chi connectivity index (χ2v) is 7.31. The minimum atomic E-state index is -0.402. The average molecular weight is 394 g/mol. The van der Waals surface area contributed by atoms with E-state index in [1.807, 2.05) is 13.0 Å². The number of benzene rings is 2. The third kappa shape index (κ3) is 2.99. The first kappa shape index (κ1) is 18.9. The lowest BCUT2D eigenvalue weighted by atomic mass is 9.93. The Morgan fingerprint density at radius 1 is 1.17 bits per heavy atom. The first-order valence-corrected chi connectivity index (χ1v) is 9.27. The van der Waals surface area contributed by atoms with Crippen molar-refractivity contribution < 1.29 is 19.4 Å². The fourth-order valence-corrected chi connectivity index (χ4v) is 3.81. The molecular formula is C22H22N2O5. The second-order valence-electron chi connectivity index (χ2n) is 7.31. The van der Waals surface area contributed by atoms with Gasteiger partial charge in [0.25, 0.3) is 0 Å². The molecule has 0 spiro atoms. The van der Waals surface area contributed by atoms with E-state index in [2.05, 4.69) is 10.5 Å². The average Bonchev–Trinajstić information content (AvgIpc) is 3.15. The van der Waals surface area contributed by atoms with Gasteiger partial charge in [-0.15, -0.1) is 0 Å². The molecule has 0 fully saturated rings. The number of hydrogen-bond acceptors (Lipinski definition) is 7. The Morgan fingerprint density at radius 3 is 2.62 bits per heavy atom. The molecule has 7 heteroatoms. The highest BCUT2D eigenvalue weighted by Crippen LogP contribution is 2.38. The van der Waals surface area contributed by atoms with Crippen molar-refractivity contribution in [2.24, 2.45) is 5.10 Å². The van der Waals surface area contributed by atoms with Crippen molar-refractivity contribution in [3.05, 3.63) is 62.5 Å². The van der Waals surface area contributed by atoms with Gasteiger partial charge >= 0.3 is 5.63 Å². The van der Waals surface area contributed by atoms with Crippen molar-refractivity contribution in [1.29, 1.82) is 0 Å². The minimum Gasteiger partial charge on any atom is -0.506 e. The van der Waals surface area contributed by atoms with E-state index in [0.29, 0.717) is 45.5 Å². The van der Waals surface area contributed by atoms with Crippen molar-refractivity contribution >= 4 is 16.7 Å². The van der Waals surface area contributed by atoms with E-state index in [1.54, 1.807) is 32.0 Å². The van der Waals surface area contributed by atoms with Crippen LogP contribution in [0.5, 0.6) is 17.2 Å². The molecule has 0 amide bonds. The highest BCUT2D eigenvalue weighted by atomic mass is 16.5. The van der Waals surface area contributed by atoms with E-state index in [1.165, 1.54) is 7.11 Å². The normalized spacial score (nSPS) is 16.0. The van der Waals surface area contributed by atoms with Gasteiger partial charge in [-0.1, -0.05) is 6.07 Å². The Balaban J connectivity index is 1.74. The maximum atomic E-state index is 12.0. The predicted octanol–water partition coefficient (Wildman–Crippen LogP) is 3.58. The molecule has 1 aliphatic rings. The van der Waals surface area contributed by atoms with Crippen LogP contribution in [0.4, 0.5) is 0 Å². The number of fused-ring (bicyclic) bond motifs is 1. The molecule has 0 bridgehead atoms. The molecule has 7 nitrogen and oxygen atoms in total. The molecule has 0 radical (unpaired) electrons. The lowest BCUT2D eigenvalue weighted by molar-refractivity contribution is 0.372. The van der Waals surface area contributed by atoms with E-state index >= 15 is 0 Å². The predicted molar refractivity (Wildman–Crippen MR) is 110 cm³/mol. The van der Waals surface area contributed by atoms with Crippen LogP contribution in [0.25, 0.3) is 11.0 Å². The Morgan fingerprint density at radius 2 is 1.93 bits per heavy atom. The summed E-state index contributed by atoms with van der Waals surface area (Å²) in [6.07, 6.45) is 0.528. The highest BCUT2D eigenvalue weighted by Gasteiger charge is 2.27. The summed E-state index contributed by atoms with van der Waals surface area (Å²) < 4.78 is 10.5. The maximum Gasteiger partial charge on any atom is 0.339 e. The summed E-state index contributed by atoms with van der Waals surface area (Å²) in [5.74, 6) is 0.525. The smallest absolute Gasteiger partial charge is 0.339 e. The monoisotopic (exact) mass is 394 g/mol. The molecule has 2 aromatic carbocycles. The van der Waals surface area contributed by atoms with E-state index < -0.39 is 5.63 Å². The van der Waals surface area contributed by atoms with Crippen molar-refractivity contribution in [3.63, 3.8) is 0 Å². The number of nitrogens with one attached hydrogen (secondary N) is 1. The second kappa shape index (κ2) is 6.84. The number of ether oxygens (including phenoxy) is 1. The number of phenols is 2. The van der Waals surface area contributed by atoms with Crippen LogP contribution in [0.3, 0.4) is 0 Å². The molecule has 1 atom stereocenters. The maximum absolute atomic E-state index is 12.0. The Kier molecular flexibility index (Phi) is 4.45. The van der Waals surface area contributed by atoms with Crippen LogP contribution in [-0.2, 0) is 0 Å². The van der Waals surface area contributed by atoms with E-state index in [-0.39, 0.29) is 17.5 Å². The van der Waals surface area contributed by atoms with Gasteiger partial charge in [0.05, 0.1) is 24.2 Å². The first-order valence-electron chi connectivity index (χ1n) is 9.27. The first-order chi connectivity index (χ1) is 13.8. The summed E-state index contributed by atoms with van der Waals surface area (Å²) in [5.41, 5.74) is 7.15. The molecule has 1 aromatic heterocycles. The number of rotatable bonds is 3. The third-order valence-corrected chi connectivity index (χ3v) is 5.55. The summed E-state index contributed by atoms with van der Waals surface area (Å²) in [5, 5.41) is 26.0. The summed E-state index contributed by atoms with van der Waals surface area (Å²) in [7, 11) is 1.50. The fourth-order valence-electron chi connectivity index (χ4n) is 3.81. The van der Waals surface area contributed by atoms with Crippen LogP contribution in [0.15, 0.2) is 38.6 Å². The standard InChI is InChI=1S/C22H22N2O5/c1-10-7-18-20(11(2)12(3)22(27)29-18)21(26)19(10)15-9-14(23-24-15)13-5-6-17(28-4)16(25)8-13/h5-8,14,23,25-26H,9H2,1-4H3/t14-/m0/s1. The third-order valence-electron chi connectivity index (χ3n) is 5.55. The van der Waals surface area contributed by atoms with E-state index in [4.69, 9.17) is 9.15 Å². The molecule has 0 saturated heterocycles. The number of aromatic hydroxyl groups is 2. The van der Waals surface area contributed by atoms with Gasteiger partial charge in [-0.05, 0) is 55.7 Å². The summed E-state index contributed by atoms with van der Waals surface area (Å²) in [6, 6.07) is 6.83. The molecule has 3 aromatic rings. The summed E-state index contributed by atoms with van der Waals surface area (Å²) in [6.45, 7) is 5.32. The number of aryl methyl sites for hydroxylation is 2. The van der Waals surface area contributed by atoms with Gasteiger partial charge in [-0.2, -0.15) is 5.10 Å². The van der Waals surface area contributed by atoms with Gasteiger partial charge in [-0.3, -0.25) is 0 Å². The largest absolute Gasteiger partial charge is 0.506 e. The molecule has 0 saturated carbocycles. The summed E-state index contributed by atoms with van der Waals surface area (Å²) >= 11 is 0. The van der Waals surface area contributed by atoms with Crippen molar-refractivity contribution in [3.8, 4) is 17.2 Å². The molecule has 150 valence electrons. The number of methoxy groups -OCH3 is 1. The lowest BCUT2D eigenvalue weighted by Gasteiger charge is -2.14. The number of phenolic OH excluding ortho intramolecular Hbond substituents is 2. The Labute approximate surface area is 167 Å². The van der Waals surface area contributed by atoms with Gasteiger partial charge in [0, 0.05) is 17.5 Å². The molecule has 3 N–H and O–H groups in total. The summed E-state index contributed by atoms with van der Waals surface area (Å²) in [4.78, 5) is 12.0. The van der Waals surface area contributed by atoms with Crippen molar-refractivity contribution in [2.45, 2.75) is 33.2 Å². The van der Waals surface area contributed by atoms with Gasteiger partial charge in [0.15, 0.2) is 11.5 Å². The van der Waals surface area contributed by atoms with Crippen LogP contribution in [0.2, 0.25) is 0 Å². The SMILES string of the molecule is COc1ccc([C@@H]2CC(c3c(C)cc4oc(=O)c(C)c(C)c4c3O)=NN2)cc1O. The molecule has 29 heavy (non-hydrogen) atoms. The molecule has 4 rings (SSSR count).